The first-order chi connectivity index (χ1) is 14.8. The molecule has 1 saturated heterocycles. The van der Waals surface area contributed by atoms with Crippen LogP contribution in [0.15, 0.2) is 58.4 Å². The van der Waals surface area contributed by atoms with Gasteiger partial charge in [-0.05, 0) is 50.5 Å². The first kappa shape index (κ1) is 21.2. The smallest absolute Gasteiger partial charge is 0.324 e. The Bertz CT molecular complexity index is 1300. The van der Waals surface area contributed by atoms with Crippen LogP contribution in [0, 0.1) is 13.8 Å². The minimum atomic E-state index is -3.81. The molecule has 1 aromatic carbocycles. The number of carbonyl (C=O) groups excluding carboxylic acids is 1. The molecule has 8 nitrogen and oxygen atoms in total. The van der Waals surface area contributed by atoms with Gasteiger partial charge in [-0.3, -0.25) is 14.0 Å². The van der Waals surface area contributed by atoms with Crippen LogP contribution in [0.2, 0.25) is 0 Å². The van der Waals surface area contributed by atoms with Gasteiger partial charge >= 0.3 is 5.97 Å². The van der Waals surface area contributed by atoms with Crippen LogP contribution in [0.3, 0.4) is 0 Å². The minimum absolute atomic E-state index is 0.150. The summed E-state index contributed by atoms with van der Waals surface area (Å²) in [5.74, 6) is -0.640. The van der Waals surface area contributed by atoms with Crippen LogP contribution >= 0.6 is 0 Å². The lowest BCUT2D eigenvalue weighted by molar-refractivity contribution is -0.148. The average molecular weight is 442 g/mol. The third kappa shape index (κ3) is 4.24. The van der Waals surface area contributed by atoms with Crippen molar-refractivity contribution in [3.8, 4) is 0 Å². The van der Waals surface area contributed by atoms with E-state index in [-0.39, 0.29) is 23.6 Å². The molecule has 0 radical (unpaired) electrons. The van der Waals surface area contributed by atoms with E-state index in [0.29, 0.717) is 24.2 Å². The molecule has 1 unspecified atom stereocenters. The van der Waals surface area contributed by atoms with Gasteiger partial charge in [0.15, 0.2) is 0 Å². The van der Waals surface area contributed by atoms with E-state index in [9.17, 15) is 18.0 Å². The molecule has 0 amide bonds. The number of fused-ring (bicyclic) bond motifs is 1. The maximum absolute atomic E-state index is 13.0. The predicted octanol–water partition coefficient (Wildman–Crippen LogP) is 2.21. The maximum Gasteiger partial charge on any atom is 0.324 e. The number of hydrogen-bond acceptors (Lipinski definition) is 6. The zero-order valence-corrected chi connectivity index (χ0v) is 18.1. The molecule has 1 atom stereocenters. The standard InChI is InChI=1S/C22H23N3O5S/c1-15-5-8-18(9-6-15)31(28,29)25-11-3-4-19(25)22(27)30-14-17-12-21(26)24-13-16(2)7-10-20(24)23-17/h5-10,12-13,19H,3-4,11,14H2,1-2H3. The summed E-state index contributed by atoms with van der Waals surface area (Å²) in [7, 11) is -3.81. The molecule has 0 aliphatic carbocycles. The third-order valence-corrected chi connectivity index (χ3v) is 7.25. The Morgan fingerprint density at radius 1 is 1.13 bits per heavy atom. The maximum atomic E-state index is 13.0. The zero-order chi connectivity index (χ0) is 22.2. The molecule has 1 aliphatic heterocycles. The number of carbonyl (C=O) groups is 1. The highest BCUT2D eigenvalue weighted by molar-refractivity contribution is 7.89. The van der Waals surface area contributed by atoms with Crippen LogP contribution in [0.5, 0.6) is 0 Å². The summed E-state index contributed by atoms with van der Waals surface area (Å²) in [4.78, 5) is 29.5. The molecule has 1 aliphatic rings. The molecular weight excluding hydrogens is 418 g/mol. The van der Waals surface area contributed by atoms with Crippen LogP contribution in [0.1, 0.15) is 29.7 Å². The van der Waals surface area contributed by atoms with Crippen molar-refractivity contribution in [2.45, 2.75) is 44.2 Å². The first-order valence-corrected chi connectivity index (χ1v) is 11.4. The Morgan fingerprint density at radius 3 is 2.58 bits per heavy atom. The van der Waals surface area contributed by atoms with Crippen molar-refractivity contribution in [3.63, 3.8) is 0 Å². The summed E-state index contributed by atoms with van der Waals surface area (Å²) in [6, 6.07) is 10.5. The highest BCUT2D eigenvalue weighted by Gasteiger charge is 2.40. The SMILES string of the molecule is Cc1ccc(S(=O)(=O)N2CCCC2C(=O)OCc2cc(=O)n3cc(C)ccc3n2)cc1. The fourth-order valence-corrected chi connectivity index (χ4v) is 5.33. The molecule has 3 heterocycles. The van der Waals surface area contributed by atoms with E-state index in [1.807, 2.05) is 19.9 Å². The van der Waals surface area contributed by atoms with Crippen molar-refractivity contribution < 1.29 is 17.9 Å². The van der Waals surface area contributed by atoms with Crippen molar-refractivity contribution in [1.29, 1.82) is 0 Å². The van der Waals surface area contributed by atoms with E-state index >= 15 is 0 Å². The second kappa shape index (κ2) is 8.24. The summed E-state index contributed by atoms with van der Waals surface area (Å²) in [6.07, 6.45) is 2.64. The van der Waals surface area contributed by atoms with E-state index in [0.717, 1.165) is 11.1 Å². The van der Waals surface area contributed by atoms with Gasteiger partial charge in [0, 0.05) is 18.8 Å². The quantitative estimate of drug-likeness (QED) is 0.563. The van der Waals surface area contributed by atoms with E-state index in [1.165, 1.54) is 14.8 Å². The van der Waals surface area contributed by atoms with E-state index in [1.54, 1.807) is 36.5 Å². The molecule has 162 valence electrons. The summed E-state index contributed by atoms with van der Waals surface area (Å²) in [5, 5.41) is 0. The van der Waals surface area contributed by atoms with Crippen LogP contribution in [-0.2, 0) is 26.2 Å². The minimum Gasteiger partial charge on any atom is -0.458 e. The Morgan fingerprint density at radius 2 is 1.84 bits per heavy atom. The molecule has 0 spiro atoms. The highest BCUT2D eigenvalue weighted by atomic mass is 32.2. The number of pyridine rings is 1. The molecule has 31 heavy (non-hydrogen) atoms. The van der Waals surface area contributed by atoms with Gasteiger partial charge in [0.05, 0.1) is 10.6 Å². The number of benzene rings is 1. The molecule has 0 bridgehead atoms. The molecule has 9 heteroatoms. The molecular formula is C22H23N3O5S. The molecule has 0 saturated carbocycles. The lowest BCUT2D eigenvalue weighted by Crippen LogP contribution is -2.41. The van der Waals surface area contributed by atoms with Gasteiger partial charge in [0.1, 0.15) is 18.3 Å². The van der Waals surface area contributed by atoms with Crippen molar-refractivity contribution in [2.75, 3.05) is 6.54 Å². The largest absolute Gasteiger partial charge is 0.458 e. The lowest BCUT2D eigenvalue weighted by Gasteiger charge is -2.22. The number of rotatable bonds is 5. The topological polar surface area (TPSA) is 98.0 Å². The molecule has 2 aromatic heterocycles. The highest BCUT2D eigenvalue weighted by Crippen LogP contribution is 2.27. The Hall–Kier alpha value is -3.04. The number of nitrogens with zero attached hydrogens (tertiary/aromatic N) is 3. The van der Waals surface area contributed by atoms with Crippen molar-refractivity contribution in [3.05, 3.63) is 75.8 Å². The number of hydrogen-bond donors (Lipinski definition) is 0. The summed E-state index contributed by atoms with van der Waals surface area (Å²) >= 11 is 0. The third-order valence-electron chi connectivity index (χ3n) is 5.33. The number of sulfonamides is 1. The molecule has 3 aromatic rings. The lowest BCUT2D eigenvalue weighted by atomic mass is 10.2. The summed E-state index contributed by atoms with van der Waals surface area (Å²) in [6.45, 7) is 3.80. The molecule has 1 fully saturated rings. The van der Waals surface area contributed by atoms with Crippen molar-refractivity contribution in [2.24, 2.45) is 0 Å². The monoisotopic (exact) mass is 441 g/mol. The van der Waals surface area contributed by atoms with Crippen molar-refractivity contribution >= 4 is 21.6 Å². The second-order valence-corrected chi connectivity index (χ2v) is 9.61. The fraction of sp³-hybridized carbons (Fsp3) is 0.318. The van der Waals surface area contributed by atoms with E-state index in [4.69, 9.17) is 4.74 Å². The summed E-state index contributed by atoms with van der Waals surface area (Å²) in [5.41, 5.74) is 2.36. The van der Waals surface area contributed by atoms with E-state index < -0.39 is 22.0 Å². The van der Waals surface area contributed by atoms with Gasteiger partial charge < -0.3 is 4.74 Å². The van der Waals surface area contributed by atoms with Crippen LogP contribution < -0.4 is 5.56 Å². The fourth-order valence-electron chi connectivity index (χ4n) is 3.68. The Kier molecular flexibility index (Phi) is 5.63. The summed E-state index contributed by atoms with van der Waals surface area (Å²) < 4.78 is 34.0. The van der Waals surface area contributed by atoms with Crippen LogP contribution in [-0.4, -0.2) is 40.7 Å². The van der Waals surface area contributed by atoms with Gasteiger partial charge in [-0.15, -0.1) is 0 Å². The zero-order valence-electron chi connectivity index (χ0n) is 17.3. The number of esters is 1. The van der Waals surface area contributed by atoms with Crippen LogP contribution in [0.4, 0.5) is 0 Å². The molecule has 4 rings (SSSR count). The normalized spacial score (nSPS) is 17.2. The first-order valence-electron chi connectivity index (χ1n) is 10.00. The van der Waals surface area contributed by atoms with Gasteiger partial charge in [-0.2, -0.15) is 4.31 Å². The Labute approximate surface area is 180 Å². The van der Waals surface area contributed by atoms with Crippen molar-refractivity contribution in [1.82, 2.24) is 13.7 Å². The number of aryl methyl sites for hydroxylation is 2. The number of aromatic nitrogens is 2. The van der Waals surface area contributed by atoms with Gasteiger partial charge in [0.2, 0.25) is 10.0 Å². The number of ether oxygens (including phenoxy) is 1. The predicted molar refractivity (Wildman–Crippen MR) is 114 cm³/mol. The molecule has 0 N–H and O–H groups in total. The van der Waals surface area contributed by atoms with Crippen LogP contribution in [0.25, 0.3) is 5.65 Å². The average Bonchev–Trinajstić information content (AvgIpc) is 3.24. The van der Waals surface area contributed by atoms with Gasteiger partial charge in [-0.25, -0.2) is 13.4 Å². The van der Waals surface area contributed by atoms with E-state index in [2.05, 4.69) is 4.98 Å². The second-order valence-electron chi connectivity index (χ2n) is 7.71. The van der Waals surface area contributed by atoms with Gasteiger partial charge in [0.25, 0.3) is 5.56 Å². The Balaban J connectivity index is 1.50. The van der Waals surface area contributed by atoms with Gasteiger partial charge in [-0.1, -0.05) is 23.8 Å².